The zero-order valence-corrected chi connectivity index (χ0v) is 17.6. The van der Waals surface area contributed by atoms with Gasteiger partial charge in [0.05, 0.1) is 18.2 Å². The number of hydrogen-bond donors (Lipinski definition) is 0. The van der Waals surface area contributed by atoms with E-state index in [1.807, 2.05) is 25.2 Å². The Morgan fingerprint density at radius 3 is 2.62 bits per heavy atom. The Morgan fingerprint density at radius 2 is 2.00 bits per heavy atom. The van der Waals surface area contributed by atoms with Crippen LogP contribution in [0.1, 0.15) is 48.9 Å². The first-order valence-electron chi connectivity index (χ1n) is 10.0. The summed E-state index contributed by atoms with van der Waals surface area (Å²) >= 11 is 0. The summed E-state index contributed by atoms with van der Waals surface area (Å²) in [4.78, 5) is 6.61. The van der Waals surface area contributed by atoms with Crippen LogP contribution in [0.5, 0.6) is 0 Å². The van der Waals surface area contributed by atoms with Crippen molar-refractivity contribution in [3.63, 3.8) is 0 Å². The molecule has 5 heteroatoms. The van der Waals surface area contributed by atoms with Gasteiger partial charge in [-0.05, 0) is 53.8 Å². The van der Waals surface area contributed by atoms with Crippen molar-refractivity contribution in [2.75, 3.05) is 20.6 Å². The predicted octanol–water partition coefficient (Wildman–Crippen LogP) is 4.87. The molecule has 0 saturated heterocycles. The van der Waals surface area contributed by atoms with E-state index in [0.29, 0.717) is 18.1 Å². The molecule has 0 fully saturated rings. The monoisotopic (exact) mass is 393 g/mol. The van der Waals surface area contributed by atoms with Crippen LogP contribution >= 0.6 is 0 Å². The molecule has 0 N–H and O–H groups in total. The van der Waals surface area contributed by atoms with Crippen molar-refractivity contribution in [3.8, 4) is 6.07 Å². The van der Waals surface area contributed by atoms with Crippen LogP contribution in [0.2, 0.25) is 0 Å². The average Bonchev–Trinajstić information content (AvgIpc) is 3.07. The van der Waals surface area contributed by atoms with Crippen molar-refractivity contribution >= 4 is 5.84 Å². The third kappa shape index (κ3) is 4.18. The predicted molar refractivity (Wildman–Crippen MR) is 113 cm³/mol. The maximum atomic E-state index is 13.6. The van der Waals surface area contributed by atoms with Crippen LogP contribution in [0.15, 0.2) is 47.5 Å². The van der Waals surface area contributed by atoms with E-state index >= 15 is 0 Å². The highest BCUT2D eigenvalue weighted by atomic mass is 19.1. The first-order chi connectivity index (χ1) is 13.9. The van der Waals surface area contributed by atoms with Crippen molar-refractivity contribution in [1.29, 1.82) is 5.26 Å². The van der Waals surface area contributed by atoms with Gasteiger partial charge in [0, 0.05) is 26.6 Å². The molecule has 2 aromatic carbocycles. The molecule has 0 amide bonds. The minimum Gasteiger partial charge on any atom is -0.363 e. The number of benzene rings is 2. The van der Waals surface area contributed by atoms with E-state index in [4.69, 9.17) is 4.74 Å². The Balaban J connectivity index is 1.89. The largest absolute Gasteiger partial charge is 0.363 e. The molecule has 1 unspecified atom stereocenters. The fraction of sp³-hybridized carbons (Fsp3) is 0.417. The minimum absolute atomic E-state index is 0.262. The van der Waals surface area contributed by atoms with Crippen molar-refractivity contribution < 1.29 is 9.13 Å². The summed E-state index contributed by atoms with van der Waals surface area (Å²) in [5, 5.41) is 9.22. The van der Waals surface area contributed by atoms with Gasteiger partial charge in [0.2, 0.25) is 0 Å². The second-order valence-electron chi connectivity index (χ2n) is 7.87. The Bertz CT molecular complexity index is 930. The molecule has 0 aliphatic carbocycles. The maximum Gasteiger partial charge on any atom is 0.123 e. The number of nitrogens with zero attached hydrogens (tertiary/aromatic N) is 3. The van der Waals surface area contributed by atoms with Gasteiger partial charge < -0.3 is 9.64 Å². The second-order valence-corrected chi connectivity index (χ2v) is 7.87. The number of hydrogen-bond acceptors (Lipinski definition) is 3. The molecule has 1 aliphatic rings. The lowest BCUT2D eigenvalue weighted by Crippen LogP contribution is -2.33. The molecule has 1 heterocycles. The van der Waals surface area contributed by atoms with Crippen LogP contribution in [-0.2, 0) is 16.9 Å². The van der Waals surface area contributed by atoms with Gasteiger partial charge in [-0.3, -0.25) is 4.99 Å². The first-order valence-corrected chi connectivity index (χ1v) is 10.0. The number of rotatable bonds is 6. The summed E-state index contributed by atoms with van der Waals surface area (Å²) in [7, 11) is 3.89. The van der Waals surface area contributed by atoms with Gasteiger partial charge in [0.1, 0.15) is 17.3 Å². The number of aliphatic imine (C=N–C) groups is 1. The van der Waals surface area contributed by atoms with Crippen LogP contribution < -0.4 is 0 Å². The van der Waals surface area contributed by atoms with Crippen molar-refractivity contribution in [2.24, 2.45) is 10.9 Å². The van der Waals surface area contributed by atoms with Crippen LogP contribution in [0, 0.1) is 23.1 Å². The molecule has 0 saturated carbocycles. The molecule has 1 atom stereocenters. The third-order valence-electron chi connectivity index (χ3n) is 5.61. The van der Waals surface area contributed by atoms with Crippen LogP contribution in [0.4, 0.5) is 4.39 Å². The van der Waals surface area contributed by atoms with Gasteiger partial charge in [0.15, 0.2) is 0 Å². The smallest absolute Gasteiger partial charge is 0.123 e. The summed E-state index contributed by atoms with van der Waals surface area (Å²) in [5.41, 5.74) is 3.04. The Labute approximate surface area is 172 Å². The van der Waals surface area contributed by atoms with Gasteiger partial charge in [-0.2, -0.15) is 5.26 Å². The van der Waals surface area contributed by atoms with E-state index in [0.717, 1.165) is 41.9 Å². The third-order valence-corrected chi connectivity index (χ3v) is 5.61. The number of nitriles is 1. The topological polar surface area (TPSA) is 48.6 Å². The Hall–Kier alpha value is -2.71. The highest BCUT2D eigenvalue weighted by molar-refractivity contribution is 5.83. The van der Waals surface area contributed by atoms with E-state index in [2.05, 4.69) is 36.9 Å². The van der Waals surface area contributed by atoms with Gasteiger partial charge in [-0.25, -0.2) is 4.39 Å². The molecular weight excluding hydrogens is 365 g/mol. The van der Waals surface area contributed by atoms with E-state index < -0.39 is 5.60 Å². The SMILES string of the molecule is C/N=C(/C(C)C)N(C)CCCC1(c2ccc(F)cc2)OCc2cc(C#N)ccc21. The summed E-state index contributed by atoms with van der Waals surface area (Å²) in [6.07, 6.45) is 1.65. The van der Waals surface area contributed by atoms with Crippen LogP contribution in [0.3, 0.4) is 0 Å². The number of fused-ring (bicyclic) bond motifs is 1. The van der Waals surface area contributed by atoms with Crippen LogP contribution in [0.25, 0.3) is 0 Å². The number of amidine groups is 1. The van der Waals surface area contributed by atoms with E-state index in [1.165, 1.54) is 12.1 Å². The second kappa shape index (κ2) is 8.75. The lowest BCUT2D eigenvalue weighted by atomic mass is 9.81. The van der Waals surface area contributed by atoms with Crippen molar-refractivity contribution in [3.05, 3.63) is 70.5 Å². The Kier molecular flexibility index (Phi) is 6.34. The van der Waals surface area contributed by atoms with E-state index in [9.17, 15) is 9.65 Å². The minimum atomic E-state index is -0.626. The van der Waals surface area contributed by atoms with E-state index in [1.54, 1.807) is 12.1 Å². The number of halogens is 1. The molecule has 0 radical (unpaired) electrons. The average molecular weight is 394 g/mol. The summed E-state index contributed by atoms with van der Waals surface area (Å²) in [6.45, 7) is 5.58. The first kappa shape index (κ1) is 21.0. The Morgan fingerprint density at radius 1 is 1.28 bits per heavy atom. The molecule has 29 heavy (non-hydrogen) atoms. The van der Waals surface area contributed by atoms with Crippen LogP contribution in [-0.4, -0.2) is 31.4 Å². The number of ether oxygens (including phenoxy) is 1. The van der Waals surface area contributed by atoms with Gasteiger partial charge >= 0.3 is 0 Å². The molecule has 2 aromatic rings. The quantitative estimate of drug-likeness (QED) is 0.520. The molecule has 0 aromatic heterocycles. The maximum absolute atomic E-state index is 13.6. The molecule has 152 valence electrons. The standard InChI is InChI=1S/C24H28FN3O/c1-17(2)23(27-3)28(4)13-5-12-24(20-7-9-21(25)10-8-20)22-11-6-18(15-26)14-19(22)16-29-24/h6-11,14,17H,5,12-13,16H2,1-4H3/b27-23-. The highest BCUT2D eigenvalue weighted by Crippen LogP contribution is 2.45. The zero-order chi connectivity index (χ0) is 21.0. The molecular formula is C24H28FN3O. The van der Waals surface area contributed by atoms with Crippen molar-refractivity contribution in [2.45, 2.75) is 38.9 Å². The van der Waals surface area contributed by atoms with Gasteiger partial charge in [-0.1, -0.05) is 32.0 Å². The zero-order valence-electron chi connectivity index (χ0n) is 17.6. The fourth-order valence-corrected chi connectivity index (χ4v) is 4.31. The lowest BCUT2D eigenvalue weighted by Gasteiger charge is -2.32. The molecule has 0 bridgehead atoms. The fourth-order valence-electron chi connectivity index (χ4n) is 4.31. The normalized spacial score (nSPS) is 18.6. The summed E-state index contributed by atoms with van der Waals surface area (Å²) in [6, 6.07) is 14.5. The molecule has 3 rings (SSSR count). The van der Waals surface area contributed by atoms with Crippen molar-refractivity contribution in [1.82, 2.24) is 4.90 Å². The highest BCUT2D eigenvalue weighted by Gasteiger charge is 2.41. The summed E-state index contributed by atoms with van der Waals surface area (Å²) < 4.78 is 19.9. The van der Waals surface area contributed by atoms with Gasteiger partial charge in [-0.15, -0.1) is 0 Å². The van der Waals surface area contributed by atoms with E-state index in [-0.39, 0.29) is 5.82 Å². The molecule has 4 nitrogen and oxygen atoms in total. The summed E-state index contributed by atoms with van der Waals surface area (Å²) in [5.74, 6) is 1.18. The lowest BCUT2D eigenvalue weighted by molar-refractivity contribution is -0.0136. The molecule has 1 aliphatic heterocycles. The van der Waals surface area contributed by atoms with Gasteiger partial charge in [0.25, 0.3) is 0 Å². The molecule has 0 spiro atoms.